The van der Waals surface area contributed by atoms with Gasteiger partial charge in [0.15, 0.2) is 11.5 Å². The average Bonchev–Trinajstić information content (AvgIpc) is 2.27. The molecule has 4 heteroatoms. The first-order chi connectivity index (χ1) is 8.04. The first kappa shape index (κ1) is 12.2. The number of ether oxygens (including phenoxy) is 2. The van der Waals surface area contributed by atoms with Gasteiger partial charge in [-0.15, -0.1) is 0 Å². The third-order valence-corrected chi connectivity index (χ3v) is 2.52. The van der Waals surface area contributed by atoms with Gasteiger partial charge >= 0.3 is 0 Å². The zero-order chi connectivity index (χ0) is 12.3. The number of benzene rings is 1. The molecule has 1 aliphatic rings. The predicted octanol–water partition coefficient (Wildman–Crippen LogP) is 1.28. The molecule has 1 aliphatic heterocycles. The van der Waals surface area contributed by atoms with E-state index in [1.807, 2.05) is 32.0 Å². The molecule has 0 saturated carbocycles. The first-order valence-corrected chi connectivity index (χ1v) is 5.93. The van der Waals surface area contributed by atoms with Crippen molar-refractivity contribution in [3.63, 3.8) is 0 Å². The fourth-order valence-corrected chi connectivity index (χ4v) is 1.73. The fraction of sp³-hybridized carbons (Fsp3) is 0.538. The third kappa shape index (κ3) is 3.61. The van der Waals surface area contributed by atoms with E-state index < -0.39 is 0 Å². The average molecular weight is 236 g/mol. The summed E-state index contributed by atoms with van der Waals surface area (Å²) in [6.07, 6.45) is 0. The molecule has 2 rings (SSSR count). The Kier molecular flexibility index (Phi) is 3.54. The normalized spacial score (nSPS) is 14.8. The zero-order valence-electron chi connectivity index (χ0n) is 10.5. The number of nitrogens with two attached hydrogens (primary N) is 1. The van der Waals surface area contributed by atoms with Crippen molar-refractivity contribution in [1.29, 1.82) is 0 Å². The summed E-state index contributed by atoms with van der Waals surface area (Å²) in [4.78, 5) is 0. The van der Waals surface area contributed by atoms with E-state index in [1.54, 1.807) is 0 Å². The van der Waals surface area contributed by atoms with Crippen LogP contribution < -0.4 is 20.5 Å². The molecule has 17 heavy (non-hydrogen) atoms. The van der Waals surface area contributed by atoms with Crippen LogP contribution in [0.25, 0.3) is 0 Å². The van der Waals surface area contributed by atoms with Gasteiger partial charge in [-0.25, -0.2) is 0 Å². The Balaban J connectivity index is 1.93. The lowest BCUT2D eigenvalue weighted by Gasteiger charge is -2.21. The van der Waals surface area contributed by atoms with Gasteiger partial charge in [0.25, 0.3) is 0 Å². The third-order valence-electron chi connectivity index (χ3n) is 2.52. The predicted molar refractivity (Wildman–Crippen MR) is 67.4 cm³/mol. The van der Waals surface area contributed by atoms with Gasteiger partial charge in [-0.1, -0.05) is 6.07 Å². The standard InChI is InChI=1S/C13H20N2O2/c1-13(2,14)9-15-8-10-3-4-11-12(7-10)17-6-5-16-11/h3-4,7,15H,5-6,8-9,14H2,1-2H3. The fourth-order valence-electron chi connectivity index (χ4n) is 1.73. The van der Waals surface area contributed by atoms with Crippen LogP contribution in [0.5, 0.6) is 11.5 Å². The minimum Gasteiger partial charge on any atom is -0.486 e. The van der Waals surface area contributed by atoms with Crippen molar-refractivity contribution in [2.24, 2.45) is 5.73 Å². The molecule has 0 bridgehead atoms. The highest BCUT2D eigenvalue weighted by atomic mass is 16.6. The molecule has 4 nitrogen and oxygen atoms in total. The Hall–Kier alpha value is -1.26. The van der Waals surface area contributed by atoms with Crippen LogP contribution in [0.1, 0.15) is 19.4 Å². The molecule has 0 aliphatic carbocycles. The van der Waals surface area contributed by atoms with Gasteiger partial charge in [0.1, 0.15) is 13.2 Å². The quantitative estimate of drug-likeness (QED) is 0.827. The highest BCUT2D eigenvalue weighted by Gasteiger charge is 2.12. The Morgan fingerprint density at radius 1 is 1.24 bits per heavy atom. The number of fused-ring (bicyclic) bond motifs is 1. The van der Waals surface area contributed by atoms with E-state index in [4.69, 9.17) is 15.2 Å². The second-order valence-electron chi connectivity index (χ2n) is 5.07. The van der Waals surface area contributed by atoms with Crippen molar-refractivity contribution in [2.75, 3.05) is 19.8 Å². The Morgan fingerprint density at radius 2 is 1.94 bits per heavy atom. The zero-order valence-corrected chi connectivity index (χ0v) is 10.5. The lowest BCUT2D eigenvalue weighted by molar-refractivity contribution is 0.171. The van der Waals surface area contributed by atoms with E-state index in [1.165, 1.54) is 5.56 Å². The molecule has 0 atom stereocenters. The molecule has 94 valence electrons. The van der Waals surface area contributed by atoms with Crippen LogP contribution in [0, 0.1) is 0 Å². The van der Waals surface area contributed by atoms with Crippen molar-refractivity contribution in [1.82, 2.24) is 5.32 Å². The van der Waals surface area contributed by atoms with Gasteiger partial charge in [-0.2, -0.15) is 0 Å². The Morgan fingerprint density at radius 3 is 2.65 bits per heavy atom. The van der Waals surface area contributed by atoms with Crippen molar-refractivity contribution < 1.29 is 9.47 Å². The number of hydrogen-bond acceptors (Lipinski definition) is 4. The maximum absolute atomic E-state index is 5.90. The summed E-state index contributed by atoms with van der Waals surface area (Å²) in [5.41, 5.74) is 6.90. The Bertz CT molecular complexity index is 385. The van der Waals surface area contributed by atoms with E-state index in [9.17, 15) is 0 Å². The second kappa shape index (κ2) is 4.94. The van der Waals surface area contributed by atoms with Crippen LogP contribution >= 0.6 is 0 Å². The number of nitrogens with one attached hydrogen (secondary N) is 1. The van der Waals surface area contributed by atoms with Crippen LogP contribution in [-0.4, -0.2) is 25.3 Å². The summed E-state index contributed by atoms with van der Waals surface area (Å²) in [7, 11) is 0. The van der Waals surface area contributed by atoms with Crippen LogP contribution in [0.4, 0.5) is 0 Å². The van der Waals surface area contributed by atoms with Crippen LogP contribution in [0.2, 0.25) is 0 Å². The molecular weight excluding hydrogens is 216 g/mol. The van der Waals surface area contributed by atoms with Crippen molar-refractivity contribution in [3.05, 3.63) is 23.8 Å². The summed E-state index contributed by atoms with van der Waals surface area (Å²) in [6.45, 7) is 6.83. The van der Waals surface area contributed by atoms with E-state index >= 15 is 0 Å². The highest BCUT2D eigenvalue weighted by molar-refractivity contribution is 5.43. The van der Waals surface area contributed by atoms with Crippen molar-refractivity contribution in [2.45, 2.75) is 25.9 Å². The summed E-state index contributed by atoms with van der Waals surface area (Å²) in [5, 5.41) is 3.33. The maximum Gasteiger partial charge on any atom is 0.161 e. The molecule has 0 saturated heterocycles. The van der Waals surface area contributed by atoms with E-state index in [0.717, 1.165) is 24.6 Å². The van der Waals surface area contributed by atoms with Crippen LogP contribution in [0.15, 0.2) is 18.2 Å². The van der Waals surface area contributed by atoms with Gasteiger partial charge in [-0.05, 0) is 31.5 Å². The first-order valence-electron chi connectivity index (χ1n) is 5.93. The number of rotatable bonds is 4. The molecule has 0 amide bonds. The summed E-state index contributed by atoms with van der Waals surface area (Å²) < 4.78 is 11.0. The molecule has 1 aromatic rings. The summed E-state index contributed by atoms with van der Waals surface area (Å²) >= 11 is 0. The van der Waals surface area contributed by atoms with Crippen molar-refractivity contribution >= 4 is 0 Å². The van der Waals surface area contributed by atoms with Gasteiger partial charge in [0.2, 0.25) is 0 Å². The maximum atomic E-state index is 5.90. The summed E-state index contributed by atoms with van der Waals surface area (Å²) in [6, 6.07) is 6.02. The van der Waals surface area contributed by atoms with Gasteiger partial charge in [-0.3, -0.25) is 0 Å². The van der Waals surface area contributed by atoms with Gasteiger partial charge < -0.3 is 20.5 Å². The van der Waals surface area contributed by atoms with Gasteiger partial charge in [0, 0.05) is 18.6 Å². The summed E-state index contributed by atoms with van der Waals surface area (Å²) in [5.74, 6) is 1.67. The lowest BCUT2D eigenvalue weighted by Crippen LogP contribution is -2.42. The molecular formula is C13H20N2O2. The van der Waals surface area contributed by atoms with E-state index in [0.29, 0.717) is 13.2 Å². The smallest absolute Gasteiger partial charge is 0.161 e. The SMILES string of the molecule is CC(C)(N)CNCc1ccc2c(c1)OCCO2. The molecule has 0 aromatic heterocycles. The van der Waals surface area contributed by atoms with E-state index in [-0.39, 0.29) is 5.54 Å². The molecule has 3 N–H and O–H groups in total. The monoisotopic (exact) mass is 236 g/mol. The Labute approximate surface area is 102 Å². The van der Waals surface area contributed by atoms with Gasteiger partial charge in [0.05, 0.1) is 0 Å². The minimum atomic E-state index is -0.187. The second-order valence-corrected chi connectivity index (χ2v) is 5.07. The van der Waals surface area contributed by atoms with Crippen LogP contribution in [-0.2, 0) is 6.54 Å². The topological polar surface area (TPSA) is 56.5 Å². The molecule has 0 radical (unpaired) electrons. The van der Waals surface area contributed by atoms with Crippen LogP contribution in [0.3, 0.4) is 0 Å². The molecule has 0 unspecified atom stereocenters. The molecule has 0 spiro atoms. The largest absolute Gasteiger partial charge is 0.486 e. The highest BCUT2D eigenvalue weighted by Crippen LogP contribution is 2.30. The molecule has 0 fully saturated rings. The number of hydrogen-bond donors (Lipinski definition) is 2. The van der Waals surface area contributed by atoms with Crippen molar-refractivity contribution in [3.8, 4) is 11.5 Å². The molecule has 1 aromatic carbocycles. The minimum absolute atomic E-state index is 0.187. The molecule has 1 heterocycles. The lowest BCUT2D eigenvalue weighted by atomic mass is 10.1. The van der Waals surface area contributed by atoms with E-state index in [2.05, 4.69) is 5.32 Å².